The van der Waals surface area contributed by atoms with Crippen molar-refractivity contribution in [2.45, 2.75) is 6.92 Å². The largest absolute Gasteiger partial charge is 0.343 e. The highest BCUT2D eigenvalue weighted by atomic mass is 16.6. The normalized spacial score (nSPS) is 9.73. The van der Waals surface area contributed by atoms with Crippen molar-refractivity contribution in [1.82, 2.24) is 9.78 Å². The number of aromatic nitrogens is 2. The van der Waals surface area contributed by atoms with Crippen LogP contribution in [0.4, 0.5) is 11.5 Å². The van der Waals surface area contributed by atoms with Crippen molar-refractivity contribution < 1.29 is 4.92 Å². The van der Waals surface area contributed by atoms with Gasteiger partial charge in [-0.25, -0.2) is 4.68 Å². The van der Waals surface area contributed by atoms with Crippen LogP contribution in [0.5, 0.6) is 0 Å². The topological polar surface area (TPSA) is 64.2 Å². The summed E-state index contributed by atoms with van der Waals surface area (Å²) < 4.78 is 1.46. The minimum atomic E-state index is -0.440. The molecule has 0 amide bonds. The van der Waals surface area contributed by atoms with Gasteiger partial charge in [0.2, 0.25) is 5.82 Å². The van der Waals surface area contributed by atoms with Gasteiger partial charge in [-0.3, -0.25) is 10.1 Å². The second kappa shape index (κ2) is 4.00. The Morgan fingerprint density at radius 1 is 1.73 bits per heavy atom. The predicted octanol–water partition coefficient (Wildman–Crippen LogP) is 0.706. The summed E-state index contributed by atoms with van der Waals surface area (Å²) in [6.07, 6.45) is 5.16. The van der Waals surface area contributed by atoms with E-state index in [1.54, 1.807) is 25.9 Å². The van der Waals surface area contributed by atoms with Crippen LogP contribution >= 0.6 is 0 Å². The highest BCUT2D eigenvalue weighted by Gasteiger charge is 2.26. The van der Waals surface area contributed by atoms with Crippen molar-refractivity contribution >= 4 is 11.5 Å². The highest BCUT2D eigenvalue weighted by Crippen LogP contribution is 2.29. The number of anilines is 1. The number of aryl methyl sites for hydroxylation is 2. The molecule has 0 saturated heterocycles. The summed E-state index contributed by atoms with van der Waals surface area (Å²) in [4.78, 5) is 12.0. The second-order valence-corrected chi connectivity index (χ2v) is 3.20. The molecule has 1 aromatic heterocycles. The molecular formula is C9H12N4O2. The first-order valence-electron chi connectivity index (χ1n) is 4.31. The SMILES string of the molecule is C#CCN(C)c1c([N+](=O)[O-])c(C)nn1C. The van der Waals surface area contributed by atoms with Gasteiger partial charge in [0.05, 0.1) is 11.5 Å². The smallest absolute Gasteiger partial charge is 0.333 e. The van der Waals surface area contributed by atoms with E-state index < -0.39 is 4.92 Å². The maximum absolute atomic E-state index is 10.8. The molecule has 0 spiro atoms. The van der Waals surface area contributed by atoms with Crippen LogP contribution in [0.3, 0.4) is 0 Å². The lowest BCUT2D eigenvalue weighted by Gasteiger charge is -2.14. The van der Waals surface area contributed by atoms with Gasteiger partial charge >= 0.3 is 5.69 Å². The third-order valence-corrected chi connectivity index (χ3v) is 2.03. The van der Waals surface area contributed by atoms with Crippen LogP contribution in [0.2, 0.25) is 0 Å². The lowest BCUT2D eigenvalue weighted by Crippen LogP contribution is -2.21. The Morgan fingerprint density at radius 2 is 2.33 bits per heavy atom. The molecule has 6 heteroatoms. The monoisotopic (exact) mass is 208 g/mol. The van der Waals surface area contributed by atoms with E-state index in [4.69, 9.17) is 6.42 Å². The summed E-state index contributed by atoms with van der Waals surface area (Å²) in [6.45, 7) is 1.91. The van der Waals surface area contributed by atoms with Gasteiger partial charge in [0, 0.05) is 14.1 Å². The molecule has 15 heavy (non-hydrogen) atoms. The number of nitro groups is 1. The molecule has 0 fully saturated rings. The maximum Gasteiger partial charge on any atom is 0.333 e. The van der Waals surface area contributed by atoms with Crippen molar-refractivity contribution in [2.75, 3.05) is 18.5 Å². The standard InChI is InChI=1S/C9H12N4O2/c1-5-6-11(3)9-8(13(14)15)7(2)10-12(9)4/h1H,6H2,2-4H3. The summed E-state index contributed by atoms with van der Waals surface area (Å²) >= 11 is 0. The van der Waals surface area contributed by atoms with Gasteiger partial charge in [-0.05, 0) is 6.92 Å². The van der Waals surface area contributed by atoms with Crippen LogP contribution < -0.4 is 4.90 Å². The Morgan fingerprint density at radius 3 is 2.80 bits per heavy atom. The Kier molecular flexibility index (Phi) is 2.95. The fraction of sp³-hybridized carbons (Fsp3) is 0.444. The zero-order valence-electron chi connectivity index (χ0n) is 8.89. The summed E-state index contributed by atoms with van der Waals surface area (Å²) in [5.41, 5.74) is 0.400. The Labute approximate surface area is 87.6 Å². The van der Waals surface area contributed by atoms with E-state index in [1.165, 1.54) is 4.68 Å². The average Bonchev–Trinajstić information content (AvgIpc) is 2.41. The molecule has 0 saturated carbocycles. The zero-order valence-corrected chi connectivity index (χ0v) is 8.89. The van der Waals surface area contributed by atoms with E-state index in [2.05, 4.69) is 11.0 Å². The molecule has 0 aliphatic carbocycles. The Bertz CT molecular complexity index is 430. The fourth-order valence-electron chi connectivity index (χ4n) is 1.49. The van der Waals surface area contributed by atoms with Crippen LogP contribution in [-0.4, -0.2) is 28.3 Å². The molecule has 0 atom stereocenters. The molecule has 6 nitrogen and oxygen atoms in total. The first-order valence-corrected chi connectivity index (χ1v) is 4.31. The van der Waals surface area contributed by atoms with Crippen LogP contribution in [0.15, 0.2) is 0 Å². The van der Waals surface area contributed by atoms with E-state index in [0.717, 1.165) is 0 Å². The number of hydrogen-bond donors (Lipinski definition) is 0. The van der Waals surface area contributed by atoms with E-state index in [-0.39, 0.29) is 5.69 Å². The van der Waals surface area contributed by atoms with Crippen LogP contribution in [-0.2, 0) is 7.05 Å². The second-order valence-electron chi connectivity index (χ2n) is 3.20. The number of terminal acetylenes is 1. The molecule has 0 aromatic carbocycles. The van der Waals surface area contributed by atoms with Gasteiger partial charge in [0.1, 0.15) is 5.69 Å². The van der Waals surface area contributed by atoms with Crippen molar-refractivity contribution in [3.63, 3.8) is 0 Å². The third-order valence-electron chi connectivity index (χ3n) is 2.03. The first kappa shape index (κ1) is 11.0. The average molecular weight is 208 g/mol. The van der Waals surface area contributed by atoms with Crippen LogP contribution in [0, 0.1) is 29.4 Å². The molecule has 80 valence electrons. The van der Waals surface area contributed by atoms with Crippen molar-refractivity contribution in [3.8, 4) is 12.3 Å². The van der Waals surface area contributed by atoms with E-state index in [9.17, 15) is 10.1 Å². The van der Waals surface area contributed by atoms with Gasteiger partial charge in [-0.15, -0.1) is 6.42 Å². The molecule has 1 heterocycles. The van der Waals surface area contributed by atoms with E-state index >= 15 is 0 Å². The van der Waals surface area contributed by atoms with Crippen molar-refractivity contribution in [1.29, 1.82) is 0 Å². The van der Waals surface area contributed by atoms with Crippen LogP contribution in [0.1, 0.15) is 5.69 Å². The Hall–Kier alpha value is -2.03. The summed E-state index contributed by atoms with van der Waals surface area (Å²) in [5, 5.41) is 14.8. The lowest BCUT2D eigenvalue weighted by atomic mass is 10.3. The van der Waals surface area contributed by atoms with Crippen molar-refractivity contribution in [2.24, 2.45) is 7.05 Å². The summed E-state index contributed by atoms with van der Waals surface area (Å²) in [6, 6.07) is 0. The molecule has 1 rings (SSSR count). The van der Waals surface area contributed by atoms with E-state index in [1.807, 2.05) is 0 Å². The zero-order chi connectivity index (χ0) is 11.6. The highest BCUT2D eigenvalue weighted by molar-refractivity contribution is 5.61. The minimum Gasteiger partial charge on any atom is -0.343 e. The quantitative estimate of drug-likeness (QED) is 0.417. The number of rotatable bonds is 3. The van der Waals surface area contributed by atoms with E-state index in [0.29, 0.717) is 18.1 Å². The molecule has 0 aliphatic heterocycles. The maximum atomic E-state index is 10.8. The molecular weight excluding hydrogens is 196 g/mol. The third kappa shape index (κ3) is 1.91. The van der Waals surface area contributed by atoms with Gasteiger partial charge in [0.15, 0.2) is 0 Å². The lowest BCUT2D eigenvalue weighted by molar-refractivity contribution is -0.384. The molecule has 0 N–H and O–H groups in total. The molecule has 0 aliphatic rings. The first-order chi connectivity index (χ1) is 6.99. The minimum absolute atomic E-state index is 0.00949. The summed E-state index contributed by atoms with van der Waals surface area (Å²) in [7, 11) is 3.35. The Balaban J connectivity index is 3.27. The van der Waals surface area contributed by atoms with Gasteiger partial charge in [-0.1, -0.05) is 5.92 Å². The van der Waals surface area contributed by atoms with Gasteiger partial charge in [-0.2, -0.15) is 5.10 Å². The van der Waals surface area contributed by atoms with Crippen LogP contribution in [0.25, 0.3) is 0 Å². The fourth-order valence-corrected chi connectivity index (χ4v) is 1.49. The summed E-state index contributed by atoms with van der Waals surface area (Å²) in [5.74, 6) is 2.86. The molecule has 0 unspecified atom stereocenters. The molecule has 1 aromatic rings. The number of hydrogen-bond acceptors (Lipinski definition) is 4. The molecule has 0 bridgehead atoms. The van der Waals surface area contributed by atoms with Crippen molar-refractivity contribution in [3.05, 3.63) is 15.8 Å². The van der Waals surface area contributed by atoms with Gasteiger partial charge in [0.25, 0.3) is 0 Å². The number of nitrogens with zero attached hydrogens (tertiary/aromatic N) is 4. The molecule has 0 radical (unpaired) electrons. The predicted molar refractivity (Wildman–Crippen MR) is 56.7 cm³/mol. The van der Waals surface area contributed by atoms with Gasteiger partial charge < -0.3 is 4.90 Å².